The molecule has 0 atom stereocenters. The number of nitrogens with zero attached hydrogens (tertiary/aromatic N) is 5. The van der Waals surface area contributed by atoms with Gasteiger partial charge in [-0.25, -0.2) is 0 Å². The van der Waals surface area contributed by atoms with Crippen molar-refractivity contribution in [3.05, 3.63) is 34.8 Å². The Morgan fingerprint density at radius 1 is 1.30 bits per heavy atom. The topological polar surface area (TPSA) is 54.3 Å². The largest absolute Gasteiger partial charge is 0.339 e. The third-order valence-corrected chi connectivity index (χ3v) is 5.35. The van der Waals surface area contributed by atoms with Gasteiger partial charge in [0.05, 0.1) is 17.9 Å². The second-order valence-corrected chi connectivity index (χ2v) is 7.63. The van der Waals surface area contributed by atoms with Crippen LogP contribution in [0.5, 0.6) is 0 Å². The summed E-state index contributed by atoms with van der Waals surface area (Å²) >= 11 is 0. The minimum Gasteiger partial charge on any atom is -0.339 e. The molecule has 1 aliphatic heterocycles. The Hall–Kier alpha value is -2.37. The van der Waals surface area contributed by atoms with E-state index in [-0.39, 0.29) is 11.9 Å². The number of hydrogen-bond acceptors (Lipinski definition) is 4. The van der Waals surface area contributed by atoms with Crippen LogP contribution in [0, 0.1) is 13.8 Å². The van der Waals surface area contributed by atoms with Crippen molar-refractivity contribution in [2.24, 2.45) is 0 Å². The molecule has 146 valence electrons. The van der Waals surface area contributed by atoms with Gasteiger partial charge in [0, 0.05) is 43.0 Å². The van der Waals surface area contributed by atoms with Gasteiger partial charge < -0.3 is 9.80 Å². The van der Waals surface area contributed by atoms with Gasteiger partial charge in [0.15, 0.2) is 5.82 Å². The lowest BCUT2D eigenvalue weighted by atomic mass is 10.1. The molecular formula is C21H31N5O. The van der Waals surface area contributed by atoms with E-state index in [1.54, 1.807) is 6.92 Å². The zero-order valence-corrected chi connectivity index (χ0v) is 17.4. The standard InChI is InChI=1S/C21H31N5O/c1-7-24(17(6)27)13-18-16(5)26(14(2)3)23-21(18)25-12-8-9-19-20(25)11-10-15(4)22-19/h10-11,14H,7-9,12-13H2,1-6H3. The van der Waals surface area contributed by atoms with E-state index in [1.807, 2.05) is 18.7 Å². The summed E-state index contributed by atoms with van der Waals surface area (Å²) in [5, 5.41) is 4.98. The van der Waals surface area contributed by atoms with Gasteiger partial charge in [-0.1, -0.05) is 0 Å². The lowest BCUT2D eigenvalue weighted by molar-refractivity contribution is -0.129. The molecule has 1 amide bonds. The fourth-order valence-electron chi connectivity index (χ4n) is 3.86. The van der Waals surface area contributed by atoms with Crippen molar-refractivity contribution in [2.75, 3.05) is 18.0 Å². The van der Waals surface area contributed by atoms with E-state index >= 15 is 0 Å². The van der Waals surface area contributed by atoms with Crippen LogP contribution in [0.15, 0.2) is 12.1 Å². The Bertz CT molecular complexity index is 839. The molecule has 0 N–H and O–H groups in total. The van der Waals surface area contributed by atoms with Crippen molar-refractivity contribution in [1.29, 1.82) is 0 Å². The second-order valence-electron chi connectivity index (χ2n) is 7.63. The summed E-state index contributed by atoms with van der Waals surface area (Å²) in [6.45, 7) is 14.3. The van der Waals surface area contributed by atoms with Crippen molar-refractivity contribution in [3.8, 4) is 0 Å². The summed E-state index contributed by atoms with van der Waals surface area (Å²) in [5.74, 6) is 1.06. The van der Waals surface area contributed by atoms with Gasteiger partial charge >= 0.3 is 0 Å². The molecule has 0 bridgehead atoms. The molecule has 6 heteroatoms. The SMILES string of the molecule is CCN(Cc1c(N2CCCc3nc(C)ccc32)nn(C(C)C)c1C)C(C)=O. The summed E-state index contributed by atoms with van der Waals surface area (Å²) in [7, 11) is 0. The molecule has 0 aromatic carbocycles. The fourth-order valence-corrected chi connectivity index (χ4v) is 3.86. The Morgan fingerprint density at radius 3 is 2.67 bits per heavy atom. The summed E-state index contributed by atoms with van der Waals surface area (Å²) < 4.78 is 2.08. The number of rotatable bonds is 5. The first kappa shape index (κ1) is 19.4. The third-order valence-electron chi connectivity index (χ3n) is 5.35. The number of aryl methyl sites for hydroxylation is 2. The Kier molecular flexibility index (Phi) is 5.53. The van der Waals surface area contributed by atoms with Crippen LogP contribution in [-0.2, 0) is 17.8 Å². The van der Waals surface area contributed by atoms with Crippen LogP contribution in [0.1, 0.15) is 62.8 Å². The molecular weight excluding hydrogens is 338 g/mol. The molecule has 0 saturated heterocycles. The first-order chi connectivity index (χ1) is 12.8. The van der Waals surface area contributed by atoms with E-state index in [2.05, 4.69) is 42.5 Å². The predicted octanol–water partition coefficient (Wildman–Crippen LogP) is 3.93. The molecule has 0 aliphatic carbocycles. The summed E-state index contributed by atoms with van der Waals surface area (Å²) in [4.78, 5) is 20.9. The van der Waals surface area contributed by atoms with Crippen LogP contribution in [0.3, 0.4) is 0 Å². The first-order valence-electron chi connectivity index (χ1n) is 9.91. The number of hydrogen-bond donors (Lipinski definition) is 0. The monoisotopic (exact) mass is 369 g/mol. The molecule has 3 heterocycles. The molecule has 0 saturated carbocycles. The van der Waals surface area contributed by atoms with E-state index in [9.17, 15) is 4.79 Å². The predicted molar refractivity (Wildman–Crippen MR) is 108 cm³/mol. The zero-order chi connectivity index (χ0) is 19.7. The number of aromatic nitrogens is 3. The number of fused-ring (bicyclic) bond motifs is 1. The molecule has 2 aromatic heterocycles. The van der Waals surface area contributed by atoms with E-state index in [0.29, 0.717) is 13.1 Å². The van der Waals surface area contributed by atoms with Crippen molar-refractivity contribution >= 4 is 17.4 Å². The van der Waals surface area contributed by atoms with Crippen molar-refractivity contribution < 1.29 is 4.79 Å². The summed E-state index contributed by atoms with van der Waals surface area (Å²) in [6, 6.07) is 4.49. The maximum Gasteiger partial charge on any atom is 0.219 e. The highest BCUT2D eigenvalue weighted by Gasteiger charge is 2.27. The smallest absolute Gasteiger partial charge is 0.219 e. The van der Waals surface area contributed by atoms with E-state index < -0.39 is 0 Å². The number of anilines is 2. The van der Waals surface area contributed by atoms with Crippen LogP contribution in [0.4, 0.5) is 11.5 Å². The van der Waals surface area contributed by atoms with Crippen LogP contribution in [-0.4, -0.2) is 38.7 Å². The van der Waals surface area contributed by atoms with Gasteiger partial charge in [-0.2, -0.15) is 5.10 Å². The van der Waals surface area contributed by atoms with Crippen LogP contribution in [0.2, 0.25) is 0 Å². The number of amides is 1. The van der Waals surface area contributed by atoms with Gasteiger partial charge in [-0.3, -0.25) is 14.5 Å². The number of pyridine rings is 1. The maximum absolute atomic E-state index is 12.0. The summed E-state index contributed by atoms with van der Waals surface area (Å²) in [5.41, 5.74) is 5.60. The van der Waals surface area contributed by atoms with Gasteiger partial charge in [-0.05, 0) is 59.6 Å². The molecule has 3 rings (SSSR count). The van der Waals surface area contributed by atoms with E-state index in [0.717, 1.165) is 53.5 Å². The average Bonchev–Trinajstić information content (AvgIpc) is 2.95. The lowest BCUT2D eigenvalue weighted by Crippen LogP contribution is -2.30. The molecule has 0 spiro atoms. The normalized spacial score (nSPS) is 13.8. The lowest BCUT2D eigenvalue weighted by Gasteiger charge is -2.30. The average molecular weight is 370 g/mol. The number of carbonyl (C=O) groups excluding carboxylic acids is 1. The van der Waals surface area contributed by atoms with Gasteiger partial charge in [-0.15, -0.1) is 0 Å². The highest BCUT2D eigenvalue weighted by atomic mass is 16.2. The highest BCUT2D eigenvalue weighted by molar-refractivity contribution is 5.74. The zero-order valence-electron chi connectivity index (χ0n) is 17.4. The molecule has 2 aromatic rings. The maximum atomic E-state index is 12.0. The molecule has 27 heavy (non-hydrogen) atoms. The van der Waals surface area contributed by atoms with Crippen molar-refractivity contribution in [1.82, 2.24) is 19.7 Å². The van der Waals surface area contributed by atoms with Gasteiger partial charge in [0.25, 0.3) is 0 Å². The van der Waals surface area contributed by atoms with Crippen molar-refractivity contribution in [2.45, 2.75) is 67.0 Å². The number of carbonyl (C=O) groups is 1. The highest BCUT2D eigenvalue weighted by Crippen LogP contribution is 2.36. The van der Waals surface area contributed by atoms with Crippen LogP contribution in [0.25, 0.3) is 0 Å². The van der Waals surface area contributed by atoms with Crippen molar-refractivity contribution in [3.63, 3.8) is 0 Å². The Labute approximate surface area is 162 Å². The van der Waals surface area contributed by atoms with Gasteiger partial charge in [0.2, 0.25) is 5.91 Å². The Balaban J connectivity index is 2.10. The Morgan fingerprint density at radius 2 is 2.04 bits per heavy atom. The van der Waals surface area contributed by atoms with E-state index in [1.165, 1.54) is 0 Å². The quantitative estimate of drug-likeness (QED) is 0.801. The minimum atomic E-state index is 0.0940. The third kappa shape index (κ3) is 3.70. The van der Waals surface area contributed by atoms with Crippen LogP contribution >= 0.6 is 0 Å². The minimum absolute atomic E-state index is 0.0940. The fraction of sp³-hybridized carbons (Fsp3) is 0.571. The molecule has 0 unspecified atom stereocenters. The van der Waals surface area contributed by atoms with Crippen LogP contribution < -0.4 is 4.90 Å². The van der Waals surface area contributed by atoms with Gasteiger partial charge in [0.1, 0.15) is 0 Å². The summed E-state index contributed by atoms with van der Waals surface area (Å²) in [6.07, 6.45) is 2.06. The molecule has 6 nitrogen and oxygen atoms in total. The molecule has 0 fully saturated rings. The molecule has 0 radical (unpaired) electrons. The first-order valence-corrected chi connectivity index (χ1v) is 9.91. The second kappa shape index (κ2) is 7.71. The van der Waals surface area contributed by atoms with E-state index in [4.69, 9.17) is 10.1 Å². The molecule has 1 aliphatic rings.